The average molecular weight is 508 g/mol. The van der Waals surface area contributed by atoms with Gasteiger partial charge in [-0.15, -0.1) is 0 Å². The van der Waals surface area contributed by atoms with E-state index in [1.54, 1.807) is 25.2 Å². The van der Waals surface area contributed by atoms with Gasteiger partial charge in [-0.3, -0.25) is 24.7 Å². The summed E-state index contributed by atoms with van der Waals surface area (Å²) in [5, 5.41) is 19.8. The third kappa shape index (κ3) is 2.73. The monoisotopic (exact) mass is 507 g/mol. The highest BCUT2D eigenvalue weighted by atomic mass is 35.5. The molecule has 3 unspecified atom stereocenters. The topological polar surface area (TPSA) is 113 Å². The lowest BCUT2D eigenvalue weighted by Gasteiger charge is -2.35. The number of nitrogens with zero attached hydrogens (tertiary/aromatic N) is 5. The largest absolute Gasteiger partial charge is 0.353 e. The number of amides is 2. The summed E-state index contributed by atoms with van der Waals surface area (Å²) in [6.45, 7) is 3.80. The van der Waals surface area contributed by atoms with Gasteiger partial charge in [-0.1, -0.05) is 46.6 Å². The van der Waals surface area contributed by atoms with Gasteiger partial charge in [0.15, 0.2) is 11.2 Å². The smallest absolute Gasteiger partial charge is 0.334 e. The van der Waals surface area contributed by atoms with Crippen molar-refractivity contribution in [2.45, 2.75) is 37.8 Å². The van der Waals surface area contributed by atoms with Crippen molar-refractivity contribution < 1.29 is 19.0 Å². The number of fused-ring (bicyclic) bond motifs is 4. The quantitative estimate of drug-likeness (QED) is 0.388. The lowest BCUT2D eigenvalue weighted by atomic mass is 9.72. The molecule has 3 atom stereocenters. The molecule has 184 valence electrons. The number of hydrazine groups is 1. The zero-order valence-corrected chi connectivity index (χ0v) is 20.5. The Morgan fingerprint density at radius 1 is 1.17 bits per heavy atom. The molecule has 3 aromatic rings. The summed E-state index contributed by atoms with van der Waals surface area (Å²) in [7, 11) is 1.63. The molecule has 4 heterocycles. The van der Waals surface area contributed by atoms with Crippen LogP contribution in [0.2, 0.25) is 5.02 Å². The predicted molar refractivity (Wildman–Crippen MR) is 129 cm³/mol. The Kier molecular flexibility index (Phi) is 4.80. The first-order valence-electron chi connectivity index (χ1n) is 11.5. The van der Waals surface area contributed by atoms with Crippen molar-refractivity contribution in [2.75, 3.05) is 18.5 Å². The van der Waals surface area contributed by atoms with Gasteiger partial charge < -0.3 is 9.42 Å². The number of likely N-dealkylation sites (N-methyl/N-ethyl adjacent to an activating group) is 1. The summed E-state index contributed by atoms with van der Waals surface area (Å²) >= 11 is 6.42. The number of benzene rings is 2. The van der Waals surface area contributed by atoms with E-state index in [4.69, 9.17) is 16.1 Å². The first-order chi connectivity index (χ1) is 17.2. The van der Waals surface area contributed by atoms with E-state index in [1.807, 2.05) is 36.2 Å². The molecule has 36 heavy (non-hydrogen) atoms. The maximum Gasteiger partial charge on any atom is 0.334 e. The number of halogens is 1. The van der Waals surface area contributed by atoms with Crippen LogP contribution in [0.4, 0.5) is 11.4 Å². The Balaban J connectivity index is 1.73. The average Bonchev–Trinajstić information content (AvgIpc) is 3.54. The second-order valence-corrected chi connectivity index (χ2v) is 9.92. The second-order valence-electron chi connectivity index (χ2n) is 9.48. The number of aryl methyl sites for hydroxylation is 2. The maximum absolute atomic E-state index is 14.3. The number of hydrogen-bond donors (Lipinski definition) is 0. The fourth-order valence-corrected chi connectivity index (χ4v) is 6.29. The Morgan fingerprint density at radius 2 is 1.89 bits per heavy atom. The third-order valence-electron chi connectivity index (χ3n) is 7.57. The third-order valence-corrected chi connectivity index (χ3v) is 7.81. The minimum absolute atomic E-state index is 0.0418. The van der Waals surface area contributed by atoms with Crippen molar-refractivity contribution in [2.24, 2.45) is 0 Å². The zero-order chi connectivity index (χ0) is 25.5. The summed E-state index contributed by atoms with van der Waals surface area (Å²) in [6, 6.07) is 12.2. The summed E-state index contributed by atoms with van der Waals surface area (Å²) < 4.78 is 5.67. The van der Waals surface area contributed by atoms with Crippen molar-refractivity contribution in [3.8, 4) is 0 Å². The molecule has 11 heteroatoms. The van der Waals surface area contributed by atoms with Gasteiger partial charge in [0.25, 0.3) is 5.91 Å². The van der Waals surface area contributed by atoms with Crippen LogP contribution in [0.5, 0.6) is 0 Å². The van der Waals surface area contributed by atoms with Gasteiger partial charge in [0.05, 0.1) is 16.9 Å². The lowest BCUT2D eigenvalue weighted by Crippen LogP contribution is -2.54. The Bertz CT molecular complexity index is 1450. The van der Waals surface area contributed by atoms with Crippen LogP contribution in [-0.4, -0.2) is 45.5 Å². The predicted octanol–water partition coefficient (Wildman–Crippen LogP) is 4.01. The van der Waals surface area contributed by atoms with Crippen LogP contribution in [0, 0.1) is 24.0 Å². The van der Waals surface area contributed by atoms with Crippen LogP contribution in [-0.2, 0) is 15.1 Å². The van der Waals surface area contributed by atoms with E-state index in [-0.39, 0.29) is 35.4 Å². The number of nitro groups is 1. The van der Waals surface area contributed by atoms with E-state index in [1.165, 1.54) is 16.8 Å². The molecule has 2 aromatic carbocycles. The molecule has 2 amide bonds. The van der Waals surface area contributed by atoms with Crippen LogP contribution in [0.1, 0.15) is 46.5 Å². The molecule has 0 bridgehead atoms. The van der Waals surface area contributed by atoms with Crippen LogP contribution in [0.25, 0.3) is 0 Å². The Labute approximate surface area is 211 Å². The first kappa shape index (κ1) is 22.7. The summed E-state index contributed by atoms with van der Waals surface area (Å²) in [5.41, 5.74) is 1.10. The standard InChI is InChI=1S/C25H22ClN5O5/c1-13-4-6-15(7-5-13)22-20(23-21(31(34)35)14(2)27-36-23)25(30-19(32)10-11-29(22)30)17-12-16(26)8-9-18(17)28(3)24(25)33/h4-9,12,20,22H,10-11H2,1-3H3. The van der Waals surface area contributed by atoms with Gasteiger partial charge in [0, 0.05) is 36.3 Å². The fraction of sp³-hybridized carbons (Fsp3) is 0.320. The number of aromatic nitrogens is 1. The van der Waals surface area contributed by atoms with E-state index < -0.39 is 22.4 Å². The van der Waals surface area contributed by atoms with Crippen LogP contribution < -0.4 is 4.90 Å². The fourth-order valence-electron chi connectivity index (χ4n) is 6.12. The Morgan fingerprint density at radius 3 is 2.58 bits per heavy atom. The van der Waals surface area contributed by atoms with Crippen molar-refractivity contribution in [3.05, 3.63) is 85.7 Å². The highest BCUT2D eigenvalue weighted by Gasteiger charge is 2.72. The van der Waals surface area contributed by atoms with Crippen LogP contribution in [0.15, 0.2) is 47.0 Å². The van der Waals surface area contributed by atoms with Gasteiger partial charge in [-0.05, 0) is 37.6 Å². The number of hydrogen-bond acceptors (Lipinski definition) is 7. The zero-order valence-electron chi connectivity index (χ0n) is 19.8. The van der Waals surface area contributed by atoms with Gasteiger partial charge in [0.1, 0.15) is 0 Å². The molecule has 2 fully saturated rings. The van der Waals surface area contributed by atoms with E-state index in [0.717, 1.165) is 11.1 Å². The molecule has 0 radical (unpaired) electrons. The SMILES string of the molecule is Cc1ccc(C2C(c3onc(C)c3[N+](=O)[O-])C3(C(=O)N(C)c4ccc(Cl)cc43)N3C(=O)CCN23)cc1. The second kappa shape index (κ2) is 7.62. The van der Waals surface area contributed by atoms with Gasteiger partial charge in [-0.25, -0.2) is 5.01 Å². The molecule has 0 aliphatic carbocycles. The number of anilines is 1. The van der Waals surface area contributed by atoms with Crippen molar-refractivity contribution in [1.29, 1.82) is 0 Å². The molecule has 3 aliphatic heterocycles. The molecule has 0 saturated carbocycles. The highest BCUT2D eigenvalue weighted by molar-refractivity contribution is 6.31. The van der Waals surface area contributed by atoms with E-state index in [2.05, 4.69) is 5.16 Å². The van der Waals surface area contributed by atoms with Gasteiger partial charge >= 0.3 is 5.69 Å². The highest BCUT2D eigenvalue weighted by Crippen LogP contribution is 2.64. The minimum Gasteiger partial charge on any atom is -0.353 e. The van der Waals surface area contributed by atoms with E-state index in [0.29, 0.717) is 22.8 Å². The van der Waals surface area contributed by atoms with E-state index in [9.17, 15) is 19.7 Å². The van der Waals surface area contributed by atoms with Crippen molar-refractivity contribution in [3.63, 3.8) is 0 Å². The number of carbonyl (C=O) groups is 2. The normalized spacial score (nSPS) is 25.2. The number of rotatable bonds is 3. The summed E-state index contributed by atoms with van der Waals surface area (Å²) in [6.07, 6.45) is 0.210. The van der Waals surface area contributed by atoms with Crippen molar-refractivity contribution in [1.82, 2.24) is 15.2 Å². The van der Waals surface area contributed by atoms with E-state index >= 15 is 0 Å². The van der Waals surface area contributed by atoms with Crippen LogP contribution in [0.3, 0.4) is 0 Å². The van der Waals surface area contributed by atoms with Gasteiger partial charge in [-0.2, -0.15) is 0 Å². The molecule has 1 spiro atoms. The summed E-state index contributed by atoms with van der Waals surface area (Å²) in [4.78, 5) is 41.0. The van der Waals surface area contributed by atoms with Crippen molar-refractivity contribution >= 4 is 34.8 Å². The molecule has 2 saturated heterocycles. The maximum atomic E-state index is 14.3. The lowest BCUT2D eigenvalue weighted by molar-refractivity contribution is -0.386. The van der Waals surface area contributed by atoms with Gasteiger partial charge in [0.2, 0.25) is 11.7 Å². The molecule has 10 nitrogen and oxygen atoms in total. The molecule has 3 aliphatic rings. The molecular formula is C25H22ClN5O5. The summed E-state index contributed by atoms with van der Waals surface area (Å²) in [5.74, 6) is -1.63. The number of carbonyl (C=O) groups excluding carboxylic acids is 2. The first-order valence-corrected chi connectivity index (χ1v) is 11.9. The molecule has 1 aromatic heterocycles. The minimum atomic E-state index is -1.63. The molecule has 6 rings (SSSR count). The molecular weight excluding hydrogens is 486 g/mol. The van der Waals surface area contributed by atoms with Crippen LogP contribution >= 0.6 is 11.6 Å². The Hall–Kier alpha value is -3.76. The molecule has 0 N–H and O–H groups in total.